The lowest BCUT2D eigenvalue weighted by Gasteiger charge is -2.61. The van der Waals surface area contributed by atoms with Crippen molar-refractivity contribution >= 4 is 45.6 Å². The van der Waals surface area contributed by atoms with Gasteiger partial charge < -0.3 is 20.6 Å². The SMILES string of the molecule is N/C(=N\N(N)CC(=O)O)c1cnc(N2CC3(C2)CN(c2cc(F)ccc2Cl)C3)s1. The van der Waals surface area contributed by atoms with Gasteiger partial charge in [-0.2, -0.15) is 0 Å². The zero-order valence-electron chi connectivity index (χ0n) is 15.3. The predicted molar refractivity (Wildman–Crippen MR) is 110 cm³/mol. The van der Waals surface area contributed by atoms with Crippen molar-refractivity contribution in [2.45, 2.75) is 0 Å². The summed E-state index contributed by atoms with van der Waals surface area (Å²) >= 11 is 7.55. The van der Waals surface area contributed by atoms with Gasteiger partial charge in [-0.1, -0.05) is 22.9 Å². The highest BCUT2D eigenvalue weighted by Crippen LogP contribution is 2.45. The Morgan fingerprint density at radius 1 is 1.38 bits per heavy atom. The number of aromatic nitrogens is 1. The quantitative estimate of drug-likeness (QED) is 0.265. The maximum atomic E-state index is 13.5. The number of hydrazone groups is 1. The number of hydrazine groups is 1. The number of carboxylic acids is 1. The first-order valence-corrected chi connectivity index (χ1v) is 9.93. The highest BCUT2D eigenvalue weighted by molar-refractivity contribution is 7.17. The van der Waals surface area contributed by atoms with Crippen LogP contribution in [0.5, 0.6) is 0 Å². The molecule has 1 spiro atoms. The summed E-state index contributed by atoms with van der Waals surface area (Å²) in [7, 11) is 0. The number of aliphatic carboxylic acids is 1. The van der Waals surface area contributed by atoms with Crippen LogP contribution in [0.25, 0.3) is 0 Å². The molecule has 9 nitrogen and oxygen atoms in total. The maximum absolute atomic E-state index is 13.5. The molecule has 1 aromatic heterocycles. The molecule has 2 fully saturated rings. The Morgan fingerprint density at radius 3 is 2.76 bits per heavy atom. The highest BCUT2D eigenvalue weighted by atomic mass is 35.5. The van der Waals surface area contributed by atoms with Gasteiger partial charge in [0.1, 0.15) is 5.82 Å². The number of amidine groups is 1. The van der Waals surface area contributed by atoms with Gasteiger partial charge in [-0.15, -0.1) is 5.10 Å². The third-order valence-electron chi connectivity index (χ3n) is 4.90. The number of carbonyl (C=O) groups is 1. The average molecular weight is 440 g/mol. The molecule has 1 aromatic carbocycles. The molecule has 5 N–H and O–H groups in total. The Kier molecular flexibility index (Phi) is 4.97. The smallest absolute Gasteiger partial charge is 0.326 e. The normalized spacial score (nSPS) is 17.8. The van der Waals surface area contributed by atoms with E-state index in [1.807, 2.05) is 0 Å². The van der Waals surface area contributed by atoms with Crippen molar-refractivity contribution in [2.75, 3.05) is 42.5 Å². The van der Waals surface area contributed by atoms with Gasteiger partial charge in [-0.25, -0.2) is 20.3 Å². The molecule has 154 valence electrons. The molecule has 0 amide bonds. The third kappa shape index (κ3) is 3.93. The van der Waals surface area contributed by atoms with Crippen LogP contribution in [-0.4, -0.2) is 59.7 Å². The predicted octanol–water partition coefficient (Wildman–Crippen LogP) is 1.14. The molecule has 0 atom stereocenters. The molecule has 2 saturated heterocycles. The second-order valence-electron chi connectivity index (χ2n) is 7.29. The molecular weight excluding hydrogens is 421 g/mol. The lowest BCUT2D eigenvalue weighted by molar-refractivity contribution is -0.138. The van der Waals surface area contributed by atoms with Gasteiger partial charge in [0.2, 0.25) is 0 Å². The van der Waals surface area contributed by atoms with Crippen LogP contribution in [0.1, 0.15) is 4.88 Å². The Morgan fingerprint density at radius 2 is 2.07 bits per heavy atom. The molecule has 4 rings (SSSR count). The van der Waals surface area contributed by atoms with E-state index in [0.29, 0.717) is 9.90 Å². The fourth-order valence-corrected chi connectivity index (χ4v) is 4.70. The molecule has 12 heteroatoms. The molecule has 0 radical (unpaired) electrons. The summed E-state index contributed by atoms with van der Waals surface area (Å²) in [5, 5.41) is 14.7. The zero-order chi connectivity index (χ0) is 20.8. The van der Waals surface area contributed by atoms with Crippen molar-refractivity contribution in [1.29, 1.82) is 0 Å². The van der Waals surface area contributed by atoms with Gasteiger partial charge in [-0.3, -0.25) is 4.79 Å². The van der Waals surface area contributed by atoms with Crippen molar-refractivity contribution in [2.24, 2.45) is 22.1 Å². The molecule has 0 saturated carbocycles. The summed E-state index contributed by atoms with van der Waals surface area (Å²) in [5.74, 6) is 4.19. The van der Waals surface area contributed by atoms with Crippen LogP contribution in [0, 0.1) is 11.2 Å². The summed E-state index contributed by atoms with van der Waals surface area (Å²) in [4.78, 5) is 19.9. The lowest BCUT2D eigenvalue weighted by atomic mass is 9.73. The van der Waals surface area contributed by atoms with Gasteiger partial charge in [0.25, 0.3) is 0 Å². The van der Waals surface area contributed by atoms with Gasteiger partial charge in [0.05, 0.1) is 21.8 Å². The van der Waals surface area contributed by atoms with Gasteiger partial charge in [-0.05, 0) is 18.2 Å². The van der Waals surface area contributed by atoms with Crippen molar-refractivity contribution in [3.8, 4) is 0 Å². The number of halogens is 2. The molecule has 0 unspecified atom stereocenters. The van der Waals surface area contributed by atoms with Gasteiger partial charge >= 0.3 is 5.97 Å². The summed E-state index contributed by atoms with van der Waals surface area (Å²) in [6.07, 6.45) is 1.60. The molecule has 3 heterocycles. The standard InChI is InChI=1S/C17H19ClFN7O2S/c18-11-2-1-10(19)3-12(11)24-6-17(7-24)8-25(9-17)16-22-4-13(29-16)15(20)23-26(21)5-14(27)28/h1-4H,5-9,21H2,(H2,20,23)(H,27,28). The molecule has 2 aromatic rings. The number of thiazole rings is 1. The summed E-state index contributed by atoms with van der Waals surface area (Å²) in [6, 6.07) is 4.39. The third-order valence-corrected chi connectivity index (χ3v) is 6.30. The lowest BCUT2D eigenvalue weighted by Crippen LogP contribution is -2.72. The van der Waals surface area contributed by atoms with E-state index < -0.39 is 12.5 Å². The van der Waals surface area contributed by atoms with Crippen molar-refractivity contribution < 1.29 is 14.3 Å². The minimum atomic E-state index is -1.10. The van der Waals surface area contributed by atoms with E-state index in [2.05, 4.69) is 19.9 Å². The molecular formula is C17H19ClFN7O2S. The van der Waals surface area contributed by atoms with Crippen molar-refractivity contribution in [1.82, 2.24) is 10.1 Å². The van der Waals surface area contributed by atoms with E-state index >= 15 is 0 Å². The molecule has 2 aliphatic rings. The van der Waals surface area contributed by atoms with Crippen LogP contribution in [-0.2, 0) is 4.79 Å². The van der Waals surface area contributed by atoms with Crippen molar-refractivity contribution in [3.63, 3.8) is 0 Å². The largest absolute Gasteiger partial charge is 0.480 e. The Labute approximate surface area is 174 Å². The number of nitrogens with zero attached hydrogens (tertiary/aromatic N) is 5. The van der Waals surface area contributed by atoms with E-state index in [0.717, 1.165) is 42.1 Å². The van der Waals surface area contributed by atoms with E-state index in [1.54, 1.807) is 12.3 Å². The Bertz CT molecular complexity index is 970. The zero-order valence-corrected chi connectivity index (χ0v) is 16.8. The Hall–Kier alpha value is -2.63. The second-order valence-corrected chi connectivity index (χ2v) is 8.71. The van der Waals surface area contributed by atoms with Crippen LogP contribution in [0.2, 0.25) is 5.02 Å². The number of anilines is 2. The van der Waals surface area contributed by atoms with E-state index in [9.17, 15) is 9.18 Å². The molecule has 0 bridgehead atoms. The minimum Gasteiger partial charge on any atom is -0.480 e. The first kappa shape index (κ1) is 19.7. The maximum Gasteiger partial charge on any atom is 0.326 e. The number of carboxylic acid groups (broad SMARTS) is 1. The fourth-order valence-electron chi connectivity index (χ4n) is 3.65. The molecule has 0 aliphatic carbocycles. The van der Waals surface area contributed by atoms with Gasteiger partial charge in [0, 0.05) is 31.6 Å². The summed E-state index contributed by atoms with van der Waals surface area (Å²) in [6.45, 7) is 2.84. The van der Waals surface area contributed by atoms with E-state index in [1.165, 1.54) is 23.5 Å². The first-order chi connectivity index (χ1) is 13.7. The van der Waals surface area contributed by atoms with Crippen molar-refractivity contribution in [3.05, 3.63) is 40.1 Å². The van der Waals surface area contributed by atoms with Gasteiger partial charge in [0.15, 0.2) is 17.5 Å². The first-order valence-electron chi connectivity index (χ1n) is 8.74. The van der Waals surface area contributed by atoms with E-state index in [-0.39, 0.29) is 17.1 Å². The minimum absolute atomic E-state index is 0.114. The summed E-state index contributed by atoms with van der Waals surface area (Å²) in [5.41, 5.74) is 6.76. The van der Waals surface area contributed by atoms with Crippen LogP contribution in [0.15, 0.2) is 29.5 Å². The average Bonchev–Trinajstić information content (AvgIpc) is 3.04. The Balaban J connectivity index is 1.34. The number of benzene rings is 1. The highest BCUT2D eigenvalue weighted by Gasteiger charge is 2.52. The molecule has 2 aliphatic heterocycles. The number of nitrogens with two attached hydrogens (primary N) is 2. The number of hydrogen-bond acceptors (Lipinski definition) is 8. The number of rotatable bonds is 6. The van der Waals surface area contributed by atoms with Crippen LogP contribution >= 0.6 is 22.9 Å². The van der Waals surface area contributed by atoms with Crippen LogP contribution in [0.3, 0.4) is 0 Å². The number of hydrogen-bond donors (Lipinski definition) is 3. The molecule has 29 heavy (non-hydrogen) atoms. The fraction of sp³-hybridized carbons (Fsp3) is 0.353. The monoisotopic (exact) mass is 439 g/mol. The van der Waals surface area contributed by atoms with Crippen LogP contribution < -0.4 is 21.4 Å². The van der Waals surface area contributed by atoms with E-state index in [4.69, 9.17) is 28.3 Å². The second kappa shape index (κ2) is 7.32. The summed E-state index contributed by atoms with van der Waals surface area (Å²) < 4.78 is 13.5. The topological polar surface area (TPSA) is 124 Å². The van der Waals surface area contributed by atoms with Crippen LogP contribution in [0.4, 0.5) is 15.2 Å².